The van der Waals surface area contributed by atoms with Gasteiger partial charge in [-0.05, 0) is 31.0 Å². The third kappa shape index (κ3) is 3.93. The molecule has 1 heterocycles. The highest BCUT2D eigenvalue weighted by molar-refractivity contribution is 6.74. The minimum Gasteiger partial charge on any atom is -0.465 e. The standard InChI is InChI=1S/C13H27NO4Si/c1-13(2,3)19(4,5)18-11-7-6-10(9-15)14(8-11)12(16)17/h10-11,15H,6-9H2,1-5H3,(H,16,17)/t10-,11-/m0/s1. The summed E-state index contributed by atoms with van der Waals surface area (Å²) in [5, 5.41) is 18.5. The molecule has 5 nitrogen and oxygen atoms in total. The molecule has 2 atom stereocenters. The van der Waals surface area contributed by atoms with Crippen LogP contribution in [0.2, 0.25) is 18.1 Å². The van der Waals surface area contributed by atoms with E-state index in [1.165, 1.54) is 4.90 Å². The summed E-state index contributed by atoms with van der Waals surface area (Å²) in [6.45, 7) is 11.1. The van der Waals surface area contributed by atoms with Gasteiger partial charge in [-0.15, -0.1) is 0 Å². The Morgan fingerprint density at radius 3 is 2.37 bits per heavy atom. The maximum atomic E-state index is 11.2. The summed E-state index contributed by atoms with van der Waals surface area (Å²) in [5.74, 6) is 0. The minimum atomic E-state index is -1.87. The van der Waals surface area contributed by atoms with Gasteiger partial charge in [0, 0.05) is 6.54 Å². The van der Waals surface area contributed by atoms with Crippen LogP contribution in [0, 0.1) is 0 Å². The van der Waals surface area contributed by atoms with E-state index in [9.17, 15) is 15.0 Å². The van der Waals surface area contributed by atoms with Crippen LogP contribution in [0.4, 0.5) is 4.79 Å². The highest BCUT2D eigenvalue weighted by Crippen LogP contribution is 2.38. The van der Waals surface area contributed by atoms with E-state index in [1.807, 2.05) is 0 Å². The van der Waals surface area contributed by atoms with E-state index in [1.54, 1.807) is 0 Å². The van der Waals surface area contributed by atoms with Crippen LogP contribution in [-0.2, 0) is 4.43 Å². The molecule has 1 amide bonds. The van der Waals surface area contributed by atoms with Gasteiger partial charge in [0.2, 0.25) is 0 Å². The van der Waals surface area contributed by atoms with Gasteiger partial charge in [0.05, 0.1) is 18.8 Å². The molecule has 2 N–H and O–H groups in total. The normalized spacial score (nSPS) is 25.5. The monoisotopic (exact) mass is 289 g/mol. The molecule has 6 heteroatoms. The molecule has 1 saturated heterocycles. The van der Waals surface area contributed by atoms with Crippen molar-refractivity contribution in [1.82, 2.24) is 4.90 Å². The van der Waals surface area contributed by atoms with Crippen LogP contribution < -0.4 is 0 Å². The Morgan fingerprint density at radius 1 is 1.37 bits per heavy atom. The summed E-state index contributed by atoms with van der Waals surface area (Å²) in [6.07, 6.45) is 0.478. The van der Waals surface area contributed by atoms with Gasteiger partial charge < -0.3 is 19.5 Å². The van der Waals surface area contributed by atoms with Crippen molar-refractivity contribution in [2.24, 2.45) is 0 Å². The molecule has 0 aromatic rings. The molecule has 0 saturated carbocycles. The van der Waals surface area contributed by atoms with E-state index >= 15 is 0 Å². The van der Waals surface area contributed by atoms with Crippen LogP contribution in [0.5, 0.6) is 0 Å². The molecule has 19 heavy (non-hydrogen) atoms. The Kier molecular flexibility index (Phi) is 5.03. The zero-order valence-electron chi connectivity index (χ0n) is 12.6. The van der Waals surface area contributed by atoms with Gasteiger partial charge in [-0.3, -0.25) is 0 Å². The molecule has 1 fully saturated rings. The first kappa shape index (κ1) is 16.5. The third-order valence-corrected chi connectivity index (χ3v) is 8.92. The molecular formula is C13H27NO4Si. The lowest BCUT2D eigenvalue weighted by atomic mass is 10.0. The van der Waals surface area contributed by atoms with Gasteiger partial charge in [0.15, 0.2) is 8.32 Å². The summed E-state index contributed by atoms with van der Waals surface area (Å²) < 4.78 is 6.27. The summed E-state index contributed by atoms with van der Waals surface area (Å²) in [4.78, 5) is 12.5. The summed E-state index contributed by atoms with van der Waals surface area (Å²) in [7, 11) is -1.87. The predicted octanol–water partition coefficient (Wildman–Crippen LogP) is 2.51. The Labute approximate surface area is 116 Å². The lowest BCUT2D eigenvalue weighted by molar-refractivity contribution is 0.0239. The highest BCUT2D eigenvalue weighted by atomic mass is 28.4. The SMILES string of the molecule is CC(C)(C)[Si](C)(C)O[C@H]1CC[C@@H](CO)N(C(=O)O)C1. The maximum Gasteiger partial charge on any atom is 0.407 e. The van der Waals surface area contributed by atoms with E-state index in [-0.39, 0.29) is 23.8 Å². The molecule has 1 rings (SSSR count). The van der Waals surface area contributed by atoms with Crippen molar-refractivity contribution >= 4 is 14.4 Å². The van der Waals surface area contributed by atoms with Crippen molar-refractivity contribution in [3.63, 3.8) is 0 Å². The van der Waals surface area contributed by atoms with Crippen LogP contribution in [0.3, 0.4) is 0 Å². The second-order valence-electron chi connectivity index (χ2n) is 6.85. The average Bonchev–Trinajstić information content (AvgIpc) is 2.26. The fourth-order valence-corrected chi connectivity index (χ4v) is 3.49. The van der Waals surface area contributed by atoms with Crippen molar-refractivity contribution in [3.05, 3.63) is 0 Å². The number of hydrogen-bond donors (Lipinski definition) is 2. The Hall–Kier alpha value is -0.593. The van der Waals surface area contributed by atoms with Crippen LogP contribution in [0.15, 0.2) is 0 Å². The molecule has 0 spiro atoms. The number of aliphatic hydroxyl groups is 1. The van der Waals surface area contributed by atoms with E-state index in [0.29, 0.717) is 13.0 Å². The van der Waals surface area contributed by atoms with Crippen molar-refractivity contribution in [2.75, 3.05) is 13.2 Å². The maximum absolute atomic E-state index is 11.2. The molecule has 0 radical (unpaired) electrons. The Balaban J connectivity index is 2.70. The number of rotatable bonds is 3. The van der Waals surface area contributed by atoms with Crippen molar-refractivity contribution in [2.45, 2.75) is 63.9 Å². The van der Waals surface area contributed by atoms with Crippen molar-refractivity contribution < 1.29 is 19.4 Å². The third-order valence-electron chi connectivity index (χ3n) is 4.39. The van der Waals surface area contributed by atoms with Gasteiger partial charge in [-0.2, -0.15) is 0 Å². The number of carbonyl (C=O) groups is 1. The quantitative estimate of drug-likeness (QED) is 0.783. The largest absolute Gasteiger partial charge is 0.465 e. The van der Waals surface area contributed by atoms with Gasteiger partial charge in [0.25, 0.3) is 0 Å². The molecule has 0 bridgehead atoms. The smallest absolute Gasteiger partial charge is 0.407 e. The Morgan fingerprint density at radius 2 is 1.95 bits per heavy atom. The van der Waals surface area contributed by atoms with Crippen LogP contribution >= 0.6 is 0 Å². The number of amides is 1. The van der Waals surface area contributed by atoms with Crippen molar-refractivity contribution in [3.8, 4) is 0 Å². The molecule has 0 unspecified atom stereocenters. The van der Waals surface area contributed by atoms with E-state index < -0.39 is 14.4 Å². The lowest BCUT2D eigenvalue weighted by Crippen LogP contribution is -2.54. The zero-order chi connectivity index (χ0) is 14.8. The average molecular weight is 289 g/mol. The molecule has 0 aromatic carbocycles. The number of nitrogens with zero attached hydrogens (tertiary/aromatic N) is 1. The summed E-state index contributed by atoms with van der Waals surface area (Å²) >= 11 is 0. The number of aliphatic hydroxyl groups excluding tert-OH is 1. The fourth-order valence-electron chi connectivity index (χ4n) is 2.11. The first-order chi connectivity index (χ1) is 8.58. The van der Waals surface area contributed by atoms with Crippen LogP contribution in [-0.4, -0.2) is 54.8 Å². The number of piperidine rings is 1. The zero-order valence-corrected chi connectivity index (χ0v) is 13.6. The van der Waals surface area contributed by atoms with Crippen molar-refractivity contribution in [1.29, 1.82) is 0 Å². The van der Waals surface area contributed by atoms with Crippen LogP contribution in [0.1, 0.15) is 33.6 Å². The number of hydrogen-bond acceptors (Lipinski definition) is 3. The summed E-state index contributed by atoms with van der Waals surface area (Å²) in [5.41, 5.74) is 0. The minimum absolute atomic E-state index is 0.0419. The fraction of sp³-hybridized carbons (Fsp3) is 0.923. The number of carboxylic acid groups (broad SMARTS) is 1. The highest BCUT2D eigenvalue weighted by Gasteiger charge is 2.41. The van der Waals surface area contributed by atoms with Crippen LogP contribution in [0.25, 0.3) is 0 Å². The van der Waals surface area contributed by atoms with Gasteiger partial charge in [0.1, 0.15) is 0 Å². The second kappa shape index (κ2) is 5.81. The van der Waals surface area contributed by atoms with Gasteiger partial charge in [-0.1, -0.05) is 20.8 Å². The molecule has 0 aliphatic carbocycles. The number of likely N-dealkylation sites (tertiary alicyclic amines) is 1. The molecule has 0 aromatic heterocycles. The molecule has 1 aliphatic rings. The molecule has 112 valence electrons. The molecule has 1 aliphatic heterocycles. The van der Waals surface area contributed by atoms with E-state index in [4.69, 9.17) is 4.43 Å². The Bertz CT molecular complexity index is 327. The second-order valence-corrected chi connectivity index (χ2v) is 11.6. The summed E-state index contributed by atoms with van der Waals surface area (Å²) in [6, 6.07) is -0.281. The first-order valence-corrected chi connectivity index (χ1v) is 9.77. The van der Waals surface area contributed by atoms with Gasteiger partial charge >= 0.3 is 6.09 Å². The van der Waals surface area contributed by atoms with E-state index in [2.05, 4.69) is 33.9 Å². The lowest BCUT2D eigenvalue weighted by Gasteiger charge is -2.43. The van der Waals surface area contributed by atoms with E-state index in [0.717, 1.165) is 6.42 Å². The predicted molar refractivity (Wildman–Crippen MR) is 76.9 cm³/mol. The first-order valence-electron chi connectivity index (χ1n) is 6.86. The van der Waals surface area contributed by atoms with Gasteiger partial charge in [-0.25, -0.2) is 4.79 Å². The molecular weight excluding hydrogens is 262 g/mol. The topological polar surface area (TPSA) is 70.0 Å².